The number of hydrogen-bond donors (Lipinski definition) is 1. The van der Waals surface area contributed by atoms with Crippen molar-refractivity contribution in [3.63, 3.8) is 0 Å². The van der Waals surface area contributed by atoms with E-state index < -0.39 is 15.6 Å². The molecule has 0 fully saturated rings. The molecule has 0 amide bonds. The summed E-state index contributed by atoms with van der Waals surface area (Å²) in [7, 11) is -3.75. The normalized spacial score (nSPS) is 12.0. The van der Waals surface area contributed by atoms with Crippen LogP contribution in [0.2, 0.25) is 5.02 Å². The van der Waals surface area contributed by atoms with Gasteiger partial charge in [-0.15, -0.1) is 0 Å². The molecule has 9 heteroatoms. The lowest BCUT2D eigenvalue weighted by Crippen LogP contribution is -2.23. The molecule has 0 spiro atoms. The molecule has 1 N–H and O–H groups in total. The minimum absolute atomic E-state index is 0.0313. The third kappa shape index (κ3) is 3.22. The number of nitrogens with one attached hydrogen (secondary N) is 1. The molecular formula is C17H12ClN3O4S. The molecule has 3 aromatic heterocycles. The second-order valence-corrected chi connectivity index (χ2v) is 7.83. The molecule has 132 valence electrons. The van der Waals surface area contributed by atoms with Gasteiger partial charge in [0.1, 0.15) is 11.2 Å². The molecule has 0 aliphatic rings. The standard InChI is InChI=1S/C17H12ClN3O4S/c18-12-2-5-16-20-13(10-21(16)9-12)8-19-26(23,24)14-3-4-15-11(7-14)1-6-17(22)25-15/h1-7,9-10,19H,8H2. The predicted octanol–water partition coefficient (Wildman–Crippen LogP) is 2.57. The van der Waals surface area contributed by atoms with Crippen molar-refractivity contribution in [1.29, 1.82) is 0 Å². The second-order valence-electron chi connectivity index (χ2n) is 5.62. The van der Waals surface area contributed by atoms with Crippen LogP contribution in [0, 0.1) is 0 Å². The first kappa shape index (κ1) is 16.8. The number of fused-ring (bicyclic) bond motifs is 2. The van der Waals surface area contributed by atoms with Gasteiger partial charge in [-0.3, -0.25) is 0 Å². The van der Waals surface area contributed by atoms with E-state index in [4.69, 9.17) is 16.0 Å². The first-order valence-electron chi connectivity index (χ1n) is 7.57. The van der Waals surface area contributed by atoms with Crippen LogP contribution in [0.3, 0.4) is 0 Å². The number of rotatable bonds is 4. The SMILES string of the molecule is O=c1ccc2cc(S(=O)(=O)NCc3cn4cc(Cl)ccc4n3)ccc2o1. The van der Waals surface area contributed by atoms with E-state index in [9.17, 15) is 13.2 Å². The second kappa shape index (κ2) is 6.24. The molecule has 0 bridgehead atoms. The highest BCUT2D eigenvalue weighted by Crippen LogP contribution is 2.18. The monoisotopic (exact) mass is 389 g/mol. The van der Waals surface area contributed by atoms with Gasteiger partial charge in [0, 0.05) is 23.8 Å². The first-order valence-corrected chi connectivity index (χ1v) is 9.44. The Balaban J connectivity index is 1.59. The third-order valence-electron chi connectivity index (χ3n) is 3.81. The molecular weight excluding hydrogens is 378 g/mol. The van der Waals surface area contributed by atoms with Gasteiger partial charge in [0.05, 0.1) is 22.2 Å². The molecule has 0 atom stereocenters. The molecule has 0 unspecified atom stereocenters. The highest BCUT2D eigenvalue weighted by molar-refractivity contribution is 7.89. The molecule has 1 aromatic carbocycles. The van der Waals surface area contributed by atoms with Crippen molar-refractivity contribution in [3.05, 3.63) is 76.0 Å². The summed E-state index contributed by atoms with van der Waals surface area (Å²) in [5.74, 6) is 0. The fourth-order valence-corrected chi connectivity index (χ4v) is 3.77. The summed E-state index contributed by atoms with van der Waals surface area (Å²) in [5.41, 5.74) is 1.07. The van der Waals surface area contributed by atoms with Crippen LogP contribution in [-0.2, 0) is 16.6 Å². The lowest BCUT2D eigenvalue weighted by Gasteiger charge is -2.06. The Morgan fingerprint density at radius 1 is 1.12 bits per heavy atom. The molecule has 7 nitrogen and oxygen atoms in total. The van der Waals surface area contributed by atoms with Gasteiger partial charge in [-0.05, 0) is 36.4 Å². The van der Waals surface area contributed by atoms with Gasteiger partial charge in [0.25, 0.3) is 0 Å². The summed E-state index contributed by atoms with van der Waals surface area (Å²) >= 11 is 5.93. The van der Waals surface area contributed by atoms with Crippen LogP contribution in [0.5, 0.6) is 0 Å². The van der Waals surface area contributed by atoms with E-state index in [1.165, 1.54) is 30.3 Å². The fraction of sp³-hybridized carbons (Fsp3) is 0.0588. The quantitative estimate of drug-likeness (QED) is 0.541. The van der Waals surface area contributed by atoms with Crippen LogP contribution in [0.4, 0.5) is 0 Å². The number of halogens is 1. The maximum atomic E-state index is 12.5. The van der Waals surface area contributed by atoms with E-state index in [0.717, 1.165) is 0 Å². The Bertz CT molecular complexity index is 1290. The van der Waals surface area contributed by atoms with Crippen molar-refractivity contribution in [3.8, 4) is 0 Å². The van der Waals surface area contributed by atoms with Gasteiger partial charge in [-0.2, -0.15) is 0 Å². The predicted molar refractivity (Wildman–Crippen MR) is 96.7 cm³/mol. The highest BCUT2D eigenvalue weighted by Gasteiger charge is 2.15. The summed E-state index contributed by atoms with van der Waals surface area (Å²) < 4.78 is 34.3. The van der Waals surface area contributed by atoms with Gasteiger partial charge in [-0.1, -0.05) is 11.6 Å². The van der Waals surface area contributed by atoms with Crippen molar-refractivity contribution >= 4 is 38.2 Å². The summed E-state index contributed by atoms with van der Waals surface area (Å²) in [6.07, 6.45) is 3.40. The average molecular weight is 390 g/mol. The third-order valence-corrected chi connectivity index (χ3v) is 5.43. The number of hydrogen-bond acceptors (Lipinski definition) is 5. The van der Waals surface area contributed by atoms with E-state index in [1.54, 1.807) is 28.9 Å². The number of nitrogens with zero attached hydrogens (tertiary/aromatic N) is 2. The molecule has 4 aromatic rings. The maximum absolute atomic E-state index is 12.5. The average Bonchev–Trinajstić information content (AvgIpc) is 3.01. The van der Waals surface area contributed by atoms with Crippen LogP contribution < -0.4 is 10.3 Å². The zero-order valence-corrected chi connectivity index (χ0v) is 14.8. The number of benzene rings is 1. The Labute approximate surface area is 152 Å². The molecule has 26 heavy (non-hydrogen) atoms. The number of aromatic nitrogens is 2. The van der Waals surface area contributed by atoms with Gasteiger partial charge in [0.2, 0.25) is 10.0 Å². The van der Waals surface area contributed by atoms with Crippen molar-refractivity contribution < 1.29 is 12.8 Å². The van der Waals surface area contributed by atoms with Crippen molar-refractivity contribution in [1.82, 2.24) is 14.1 Å². The summed E-state index contributed by atoms with van der Waals surface area (Å²) in [6.45, 7) is 0.0313. The lowest BCUT2D eigenvalue weighted by molar-refractivity contribution is 0.560. The molecule has 0 aliphatic carbocycles. The molecule has 0 aliphatic heterocycles. The van der Waals surface area contributed by atoms with E-state index >= 15 is 0 Å². The first-order chi connectivity index (χ1) is 12.4. The van der Waals surface area contributed by atoms with Crippen LogP contribution in [0.15, 0.2) is 69.0 Å². The Hall–Kier alpha value is -2.68. The van der Waals surface area contributed by atoms with E-state index in [1.807, 2.05) is 0 Å². The zero-order valence-electron chi connectivity index (χ0n) is 13.2. The van der Waals surface area contributed by atoms with Crippen LogP contribution in [0.25, 0.3) is 16.6 Å². The van der Waals surface area contributed by atoms with Gasteiger partial charge in [-0.25, -0.2) is 22.9 Å². The minimum atomic E-state index is -3.75. The van der Waals surface area contributed by atoms with Crippen LogP contribution in [0.1, 0.15) is 5.69 Å². The maximum Gasteiger partial charge on any atom is 0.336 e. The van der Waals surface area contributed by atoms with E-state index in [0.29, 0.717) is 27.3 Å². The fourth-order valence-electron chi connectivity index (χ4n) is 2.57. The Kier molecular flexibility index (Phi) is 4.03. The minimum Gasteiger partial charge on any atom is -0.423 e. The van der Waals surface area contributed by atoms with E-state index in [-0.39, 0.29) is 11.4 Å². The van der Waals surface area contributed by atoms with Crippen molar-refractivity contribution in [2.75, 3.05) is 0 Å². The van der Waals surface area contributed by atoms with Crippen LogP contribution in [-0.4, -0.2) is 17.8 Å². The van der Waals surface area contributed by atoms with Gasteiger partial charge in [0.15, 0.2) is 0 Å². The highest BCUT2D eigenvalue weighted by atomic mass is 35.5. The van der Waals surface area contributed by atoms with Gasteiger partial charge >= 0.3 is 5.63 Å². The van der Waals surface area contributed by atoms with Crippen molar-refractivity contribution in [2.24, 2.45) is 0 Å². The lowest BCUT2D eigenvalue weighted by atomic mass is 10.2. The van der Waals surface area contributed by atoms with E-state index in [2.05, 4.69) is 9.71 Å². The molecule has 4 rings (SSSR count). The molecule has 0 saturated carbocycles. The largest absolute Gasteiger partial charge is 0.423 e. The smallest absolute Gasteiger partial charge is 0.336 e. The van der Waals surface area contributed by atoms with Gasteiger partial charge < -0.3 is 8.82 Å². The van der Waals surface area contributed by atoms with Crippen molar-refractivity contribution in [2.45, 2.75) is 11.4 Å². The Morgan fingerprint density at radius 2 is 1.96 bits per heavy atom. The number of sulfonamides is 1. The molecule has 0 radical (unpaired) electrons. The topological polar surface area (TPSA) is 93.7 Å². The van der Waals surface area contributed by atoms with Crippen LogP contribution >= 0.6 is 11.6 Å². The summed E-state index contributed by atoms with van der Waals surface area (Å²) in [5, 5.41) is 1.08. The Morgan fingerprint density at radius 3 is 2.81 bits per heavy atom. The molecule has 3 heterocycles. The summed E-state index contributed by atoms with van der Waals surface area (Å²) in [4.78, 5) is 15.6. The zero-order chi connectivity index (χ0) is 18.3. The molecule has 0 saturated heterocycles. The summed E-state index contributed by atoms with van der Waals surface area (Å²) in [6, 6.07) is 10.5. The number of imidazole rings is 1. The number of pyridine rings is 1.